The fourth-order valence-corrected chi connectivity index (χ4v) is 6.81. The van der Waals surface area contributed by atoms with Crippen LogP contribution in [-0.2, 0) is 19.2 Å². The Labute approximate surface area is 277 Å². The van der Waals surface area contributed by atoms with Crippen LogP contribution in [0.5, 0.6) is 0 Å². The van der Waals surface area contributed by atoms with E-state index >= 15 is 0 Å². The van der Waals surface area contributed by atoms with Crippen molar-refractivity contribution >= 4 is 23.6 Å². The van der Waals surface area contributed by atoms with Gasteiger partial charge in [0.05, 0.1) is 18.1 Å². The Hall–Kier alpha value is -3.20. The number of carbonyl (C=O) groups excluding carboxylic acids is 4. The predicted octanol–water partition coefficient (Wildman–Crippen LogP) is 5.08. The fraction of sp³-hybridized carbons (Fsp3) is 0.676. The van der Waals surface area contributed by atoms with Crippen LogP contribution in [0.4, 0.5) is 0 Å². The number of hydrogen-bond donors (Lipinski definition) is 2. The molecule has 0 bridgehead atoms. The molecule has 1 aromatic rings. The molecule has 2 saturated heterocycles. The van der Waals surface area contributed by atoms with Crippen molar-refractivity contribution in [3.63, 3.8) is 0 Å². The summed E-state index contributed by atoms with van der Waals surface area (Å²) in [5.41, 5.74) is 0.984. The van der Waals surface area contributed by atoms with E-state index in [0.717, 1.165) is 37.8 Å². The summed E-state index contributed by atoms with van der Waals surface area (Å²) in [6.45, 7) is 19.3. The average molecular weight is 638 g/mol. The van der Waals surface area contributed by atoms with Crippen molar-refractivity contribution in [1.82, 2.24) is 25.3 Å². The van der Waals surface area contributed by atoms with Crippen LogP contribution in [0.15, 0.2) is 42.0 Å². The fourth-order valence-electron chi connectivity index (χ4n) is 6.81. The van der Waals surface area contributed by atoms with Crippen molar-refractivity contribution in [3.8, 4) is 0 Å². The van der Waals surface area contributed by atoms with E-state index in [4.69, 9.17) is 0 Å². The number of hydrogen-bond acceptors (Lipinski definition) is 5. The van der Waals surface area contributed by atoms with Crippen LogP contribution in [0.3, 0.4) is 0 Å². The number of benzene rings is 1. The van der Waals surface area contributed by atoms with E-state index in [2.05, 4.69) is 29.4 Å². The smallest absolute Gasteiger partial charge is 0.249 e. The third-order valence-electron chi connectivity index (χ3n) is 9.62. The maximum absolute atomic E-state index is 14.2. The molecule has 5 atom stereocenters. The molecule has 0 aromatic heterocycles. The Kier molecular flexibility index (Phi) is 13.0. The van der Waals surface area contributed by atoms with Gasteiger partial charge in [0.1, 0.15) is 12.1 Å². The summed E-state index contributed by atoms with van der Waals surface area (Å²) in [7, 11) is 1.75. The first-order chi connectivity index (χ1) is 21.5. The van der Waals surface area contributed by atoms with Crippen molar-refractivity contribution in [1.29, 1.82) is 0 Å². The van der Waals surface area contributed by atoms with Crippen LogP contribution in [0.25, 0.3) is 0 Å². The Morgan fingerprint density at radius 1 is 0.870 bits per heavy atom. The van der Waals surface area contributed by atoms with Gasteiger partial charge in [-0.15, -0.1) is 0 Å². The van der Waals surface area contributed by atoms with E-state index in [0.29, 0.717) is 18.5 Å². The van der Waals surface area contributed by atoms with E-state index in [9.17, 15) is 19.2 Å². The molecule has 1 aromatic carbocycles. The van der Waals surface area contributed by atoms with Gasteiger partial charge in [0.15, 0.2) is 0 Å². The second-order valence-electron chi connectivity index (χ2n) is 15.0. The lowest BCUT2D eigenvalue weighted by Crippen LogP contribution is -2.60. The molecule has 0 saturated carbocycles. The van der Waals surface area contributed by atoms with Gasteiger partial charge in [-0.3, -0.25) is 24.1 Å². The summed E-state index contributed by atoms with van der Waals surface area (Å²) in [6, 6.07) is 7.95. The quantitative estimate of drug-likeness (QED) is 0.330. The first kappa shape index (κ1) is 37.3. The second-order valence-corrected chi connectivity index (χ2v) is 15.0. The van der Waals surface area contributed by atoms with Gasteiger partial charge in [0, 0.05) is 25.2 Å². The molecule has 0 radical (unpaired) electrons. The molecule has 9 heteroatoms. The molecule has 3 rings (SSSR count). The highest BCUT2D eigenvalue weighted by atomic mass is 16.2. The Morgan fingerprint density at radius 2 is 1.48 bits per heavy atom. The molecule has 9 nitrogen and oxygen atoms in total. The third-order valence-corrected chi connectivity index (χ3v) is 9.62. The first-order valence-corrected chi connectivity index (χ1v) is 17.2. The van der Waals surface area contributed by atoms with Crippen LogP contribution in [0, 0.1) is 11.3 Å². The lowest BCUT2D eigenvalue weighted by molar-refractivity contribution is -0.142. The molecule has 0 aliphatic carbocycles. The minimum Gasteiger partial charge on any atom is -0.348 e. The van der Waals surface area contributed by atoms with Crippen LogP contribution >= 0.6 is 0 Å². The molecular weight excluding hydrogens is 578 g/mol. The summed E-state index contributed by atoms with van der Waals surface area (Å²) in [4.78, 5) is 60.4. The summed E-state index contributed by atoms with van der Waals surface area (Å²) >= 11 is 0. The maximum Gasteiger partial charge on any atom is 0.249 e. The standard InChI is InChI=1S/C37H59N5O4/c1-24(2)31(40(10)36(46)32(37(7,8)9)39-34(44)29-19-14-15-21-41(29)25(3)4)23-26(5)35(45)42-22-16-20-30(42)33(43)38-27(6)28-17-12-11-13-18-28/h11-13,17-18,23-25,27,29-32H,14-16,19-22H2,1-10H3,(H,38,43)(H,39,44)/b26-23+/t27-,29-,30+,31-,32-/m1/s1. The largest absolute Gasteiger partial charge is 0.348 e. The molecule has 2 aliphatic rings. The molecule has 46 heavy (non-hydrogen) atoms. The zero-order chi connectivity index (χ0) is 34.3. The van der Waals surface area contributed by atoms with Gasteiger partial charge in [0.2, 0.25) is 23.6 Å². The highest BCUT2D eigenvalue weighted by molar-refractivity contribution is 5.97. The monoisotopic (exact) mass is 637 g/mol. The molecule has 0 unspecified atom stereocenters. The highest BCUT2D eigenvalue weighted by Crippen LogP contribution is 2.27. The number of piperidine rings is 1. The van der Waals surface area contributed by atoms with Crippen molar-refractivity contribution in [2.24, 2.45) is 11.3 Å². The zero-order valence-corrected chi connectivity index (χ0v) is 29.9. The number of amides is 4. The van der Waals surface area contributed by atoms with Crippen LogP contribution in [0.1, 0.15) is 106 Å². The van der Waals surface area contributed by atoms with E-state index in [1.165, 1.54) is 0 Å². The van der Waals surface area contributed by atoms with Crippen molar-refractivity contribution < 1.29 is 19.2 Å². The normalized spacial score (nSPS) is 21.6. The molecule has 2 N–H and O–H groups in total. The highest BCUT2D eigenvalue weighted by Gasteiger charge is 2.40. The number of nitrogens with one attached hydrogen (secondary N) is 2. The Bertz CT molecular complexity index is 1240. The Balaban J connectivity index is 1.76. The summed E-state index contributed by atoms with van der Waals surface area (Å²) < 4.78 is 0. The zero-order valence-electron chi connectivity index (χ0n) is 29.9. The molecule has 0 spiro atoms. The van der Waals surface area contributed by atoms with Crippen molar-refractivity contribution in [2.75, 3.05) is 20.1 Å². The molecule has 2 heterocycles. The second kappa shape index (κ2) is 16.1. The van der Waals surface area contributed by atoms with Gasteiger partial charge in [-0.2, -0.15) is 0 Å². The first-order valence-electron chi connectivity index (χ1n) is 17.2. The van der Waals surface area contributed by atoms with Crippen LogP contribution in [-0.4, -0.2) is 88.7 Å². The summed E-state index contributed by atoms with van der Waals surface area (Å²) in [5.74, 6) is -0.620. The number of likely N-dealkylation sites (tertiary alicyclic amines) is 2. The lowest BCUT2D eigenvalue weighted by Gasteiger charge is -2.41. The van der Waals surface area contributed by atoms with Crippen molar-refractivity contribution in [3.05, 3.63) is 47.5 Å². The number of carbonyl (C=O) groups is 4. The molecule has 2 fully saturated rings. The van der Waals surface area contributed by atoms with Gasteiger partial charge in [-0.1, -0.05) is 77.4 Å². The van der Waals surface area contributed by atoms with Gasteiger partial charge in [-0.05, 0) is 76.8 Å². The minimum absolute atomic E-state index is 0.00666. The Morgan fingerprint density at radius 3 is 2.07 bits per heavy atom. The van der Waals surface area contributed by atoms with Gasteiger partial charge in [0.25, 0.3) is 0 Å². The molecular formula is C37H59N5O4. The summed E-state index contributed by atoms with van der Waals surface area (Å²) in [6.07, 6.45) is 6.07. The number of likely N-dealkylation sites (N-methyl/N-ethyl adjacent to an activating group) is 1. The lowest BCUT2D eigenvalue weighted by atomic mass is 9.84. The van der Waals surface area contributed by atoms with Crippen molar-refractivity contribution in [2.45, 2.75) is 131 Å². The molecule has 4 amide bonds. The minimum atomic E-state index is -0.732. The van der Waals surface area contributed by atoms with Crippen LogP contribution < -0.4 is 10.6 Å². The average Bonchev–Trinajstić information content (AvgIpc) is 3.51. The number of nitrogens with zero attached hydrogens (tertiary/aromatic N) is 3. The predicted molar refractivity (Wildman–Crippen MR) is 184 cm³/mol. The van der Waals surface area contributed by atoms with Gasteiger partial charge in [-0.25, -0.2) is 0 Å². The van der Waals surface area contributed by atoms with E-state index in [1.807, 2.05) is 78.0 Å². The van der Waals surface area contributed by atoms with Gasteiger partial charge < -0.3 is 20.4 Å². The third kappa shape index (κ3) is 9.20. The maximum atomic E-state index is 14.2. The SMILES string of the molecule is C/C(=C\[C@H](C(C)C)N(C)C(=O)[C@@H](NC(=O)[C@H]1CCCCN1C(C)C)C(C)(C)C)C(=O)N1CCC[C@H]1C(=O)N[C@H](C)c1ccccc1. The molecule has 256 valence electrons. The van der Waals surface area contributed by atoms with E-state index < -0.39 is 17.5 Å². The van der Waals surface area contributed by atoms with Crippen LogP contribution in [0.2, 0.25) is 0 Å². The number of rotatable bonds is 11. The summed E-state index contributed by atoms with van der Waals surface area (Å²) in [5, 5.41) is 6.23. The molecule has 2 aliphatic heterocycles. The van der Waals surface area contributed by atoms with Gasteiger partial charge >= 0.3 is 0 Å². The van der Waals surface area contributed by atoms with E-state index in [1.54, 1.807) is 23.8 Å². The topological polar surface area (TPSA) is 102 Å². The van der Waals surface area contributed by atoms with E-state index in [-0.39, 0.29) is 53.7 Å².